The number of aliphatic hydroxyl groups excluding tert-OH is 3. The minimum Gasteiger partial charge on any atom is -0.395 e. The van der Waals surface area contributed by atoms with Crippen LogP contribution in [0.5, 0.6) is 0 Å². The lowest BCUT2D eigenvalue weighted by molar-refractivity contribution is -0.0885. The van der Waals surface area contributed by atoms with E-state index in [2.05, 4.69) is 21.6 Å². The van der Waals surface area contributed by atoms with E-state index in [0.29, 0.717) is 19.6 Å². The predicted octanol–water partition coefficient (Wildman–Crippen LogP) is -1.86. The molecule has 1 saturated heterocycles. The van der Waals surface area contributed by atoms with Crippen molar-refractivity contribution in [3.63, 3.8) is 0 Å². The molecule has 3 N–H and O–H groups in total. The minimum absolute atomic E-state index is 0.129. The Kier molecular flexibility index (Phi) is 6.18. The molecule has 1 fully saturated rings. The van der Waals surface area contributed by atoms with Gasteiger partial charge in [0.1, 0.15) is 0 Å². The van der Waals surface area contributed by atoms with Gasteiger partial charge in [-0.05, 0) is 6.92 Å². The molecule has 16 heavy (non-hydrogen) atoms. The summed E-state index contributed by atoms with van der Waals surface area (Å²) in [6.07, 6.45) is 0.217. The maximum absolute atomic E-state index is 8.99. The van der Waals surface area contributed by atoms with Crippen molar-refractivity contribution < 1.29 is 15.3 Å². The van der Waals surface area contributed by atoms with Gasteiger partial charge in [-0.25, -0.2) is 0 Å². The predicted molar refractivity (Wildman–Crippen MR) is 60.6 cm³/mol. The molecule has 6 nitrogen and oxygen atoms in total. The molecule has 96 valence electrons. The summed E-state index contributed by atoms with van der Waals surface area (Å²) in [6, 6.07) is 0. The minimum atomic E-state index is 0.129. The van der Waals surface area contributed by atoms with Crippen LogP contribution in [-0.4, -0.2) is 89.0 Å². The first-order valence-electron chi connectivity index (χ1n) is 5.76. The van der Waals surface area contributed by atoms with Crippen molar-refractivity contribution in [2.45, 2.75) is 13.1 Å². The molecule has 0 bridgehead atoms. The second-order valence-electron chi connectivity index (χ2n) is 4.10. The first-order valence-corrected chi connectivity index (χ1v) is 5.76. The van der Waals surface area contributed by atoms with Crippen molar-refractivity contribution in [3.8, 4) is 0 Å². The van der Waals surface area contributed by atoms with Gasteiger partial charge >= 0.3 is 0 Å². The zero-order valence-electron chi connectivity index (χ0n) is 9.92. The summed E-state index contributed by atoms with van der Waals surface area (Å²) < 4.78 is 0. The van der Waals surface area contributed by atoms with Crippen molar-refractivity contribution in [3.05, 3.63) is 0 Å². The molecular weight excluding hydrogens is 210 g/mol. The molecule has 0 amide bonds. The van der Waals surface area contributed by atoms with Crippen molar-refractivity contribution in [2.75, 3.05) is 52.8 Å². The van der Waals surface area contributed by atoms with Crippen LogP contribution in [0.1, 0.15) is 6.92 Å². The summed E-state index contributed by atoms with van der Waals surface area (Å²) in [7, 11) is 0. The molecule has 1 rings (SSSR count). The Balaban J connectivity index is 2.56. The Labute approximate surface area is 96.7 Å². The van der Waals surface area contributed by atoms with Crippen LogP contribution in [0, 0.1) is 0 Å². The number of aliphatic hydroxyl groups is 3. The highest BCUT2D eigenvalue weighted by atomic mass is 16.3. The molecule has 0 aromatic heterocycles. The molecule has 6 heteroatoms. The molecule has 0 aliphatic carbocycles. The number of hydrogen-bond acceptors (Lipinski definition) is 6. The van der Waals surface area contributed by atoms with E-state index in [0.717, 1.165) is 13.3 Å². The van der Waals surface area contributed by atoms with Gasteiger partial charge in [-0.2, -0.15) is 0 Å². The van der Waals surface area contributed by atoms with E-state index < -0.39 is 0 Å². The summed E-state index contributed by atoms with van der Waals surface area (Å²) in [4.78, 5) is 6.37. The first-order chi connectivity index (χ1) is 7.72. The number of hydrogen-bond donors (Lipinski definition) is 3. The molecule has 1 aliphatic heterocycles. The summed E-state index contributed by atoms with van der Waals surface area (Å²) in [5.41, 5.74) is 0. The fourth-order valence-corrected chi connectivity index (χ4v) is 2.08. The summed E-state index contributed by atoms with van der Waals surface area (Å²) in [5, 5.41) is 26.9. The van der Waals surface area contributed by atoms with Crippen LogP contribution in [0.15, 0.2) is 0 Å². The van der Waals surface area contributed by atoms with Crippen molar-refractivity contribution >= 4 is 0 Å². The largest absolute Gasteiger partial charge is 0.395 e. The molecule has 0 saturated carbocycles. The zero-order valence-corrected chi connectivity index (χ0v) is 9.92. The van der Waals surface area contributed by atoms with Gasteiger partial charge in [-0.3, -0.25) is 14.7 Å². The molecule has 0 spiro atoms. The van der Waals surface area contributed by atoms with E-state index in [-0.39, 0.29) is 26.0 Å². The maximum atomic E-state index is 8.99. The number of β-amino-alcohol motifs (C(OH)–C–C–N with tert-alkyl or cyclic N) is 3. The molecule has 1 aliphatic rings. The van der Waals surface area contributed by atoms with Crippen molar-refractivity contribution in [1.29, 1.82) is 0 Å². The average Bonchev–Trinajstić information content (AvgIpc) is 2.26. The van der Waals surface area contributed by atoms with Gasteiger partial charge in [-0.15, -0.1) is 0 Å². The van der Waals surface area contributed by atoms with Crippen LogP contribution in [-0.2, 0) is 0 Å². The van der Waals surface area contributed by atoms with Crippen LogP contribution in [0.2, 0.25) is 0 Å². The Morgan fingerprint density at radius 2 is 1.31 bits per heavy atom. The SMILES string of the molecule is CC1N(CCO)CN(CCO)CN1CCO. The highest BCUT2D eigenvalue weighted by Crippen LogP contribution is 2.13. The highest BCUT2D eigenvalue weighted by Gasteiger charge is 2.28. The van der Waals surface area contributed by atoms with E-state index in [1.54, 1.807) is 0 Å². The van der Waals surface area contributed by atoms with E-state index in [9.17, 15) is 0 Å². The monoisotopic (exact) mass is 233 g/mol. The van der Waals surface area contributed by atoms with E-state index in [4.69, 9.17) is 15.3 Å². The second kappa shape index (κ2) is 7.16. The van der Waals surface area contributed by atoms with Gasteiger partial charge in [0, 0.05) is 19.6 Å². The Morgan fingerprint density at radius 3 is 1.69 bits per heavy atom. The van der Waals surface area contributed by atoms with E-state index in [1.807, 2.05) is 0 Å². The van der Waals surface area contributed by atoms with Crippen LogP contribution in [0.3, 0.4) is 0 Å². The summed E-state index contributed by atoms with van der Waals surface area (Å²) >= 11 is 0. The lowest BCUT2D eigenvalue weighted by Crippen LogP contribution is -2.61. The molecule has 0 unspecified atom stereocenters. The second-order valence-corrected chi connectivity index (χ2v) is 4.10. The lowest BCUT2D eigenvalue weighted by atomic mass is 10.3. The third kappa shape index (κ3) is 3.65. The first kappa shape index (κ1) is 13.8. The number of nitrogens with zero attached hydrogens (tertiary/aromatic N) is 3. The topological polar surface area (TPSA) is 70.4 Å². The standard InChI is InChI=1S/C10H23N3O3/c1-10-12(3-6-15)8-11(2-5-14)9-13(10)4-7-16/h10,14-16H,2-9H2,1H3. The van der Waals surface area contributed by atoms with Crippen LogP contribution >= 0.6 is 0 Å². The molecule has 0 aromatic carbocycles. The molecular formula is C10H23N3O3. The Bertz CT molecular complexity index is 178. The highest BCUT2D eigenvalue weighted by molar-refractivity contribution is 4.75. The smallest absolute Gasteiger partial charge is 0.0617 e. The maximum Gasteiger partial charge on any atom is 0.0617 e. The lowest BCUT2D eigenvalue weighted by Gasteiger charge is -2.46. The van der Waals surface area contributed by atoms with Gasteiger partial charge in [0.2, 0.25) is 0 Å². The van der Waals surface area contributed by atoms with Crippen LogP contribution in [0.4, 0.5) is 0 Å². The van der Waals surface area contributed by atoms with Crippen LogP contribution in [0.25, 0.3) is 0 Å². The van der Waals surface area contributed by atoms with E-state index in [1.165, 1.54) is 0 Å². The number of rotatable bonds is 6. The third-order valence-corrected chi connectivity index (χ3v) is 3.01. The normalized spacial score (nSPS) is 21.8. The Hall–Kier alpha value is -0.240. The third-order valence-electron chi connectivity index (χ3n) is 3.01. The molecule has 1 heterocycles. The van der Waals surface area contributed by atoms with Crippen molar-refractivity contribution in [1.82, 2.24) is 14.7 Å². The Morgan fingerprint density at radius 1 is 0.875 bits per heavy atom. The fraction of sp³-hybridized carbons (Fsp3) is 1.00. The van der Waals surface area contributed by atoms with Crippen LogP contribution < -0.4 is 0 Å². The molecule has 0 aromatic rings. The van der Waals surface area contributed by atoms with Gasteiger partial charge in [0.15, 0.2) is 0 Å². The van der Waals surface area contributed by atoms with Gasteiger partial charge in [-0.1, -0.05) is 0 Å². The average molecular weight is 233 g/mol. The van der Waals surface area contributed by atoms with Gasteiger partial charge in [0.05, 0.1) is 39.3 Å². The quantitative estimate of drug-likeness (QED) is 0.500. The van der Waals surface area contributed by atoms with E-state index >= 15 is 0 Å². The van der Waals surface area contributed by atoms with Crippen molar-refractivity contribution in [2.24, 2.45) is 0 Å². The zero-order chi connectivity index (χ0) is 12.0. The molecule has 0 radical (unpaired) electrons. The van der Waals surface area contributed by atoms with Gasteiger partial charge < -0.3 is 15.3 Å². The summed E-state index contributed by atoms with van der Waals surface area (Å²) in [6.45, 7) is 5.82. The van der Waals surface area contributed by atoms with Gasteiger partial charge in [0.25, 0.3) is 0 Å². The molecule has 0 atom stereocenters. The summed E-state index contributed by atoms with van der Waals surface area (Å²) in [5.74, 6) is 0. The fourth-order valence-electron chi connectivity index (χ4n) is 2.08.